The molecule has 144 valence electrons. The van der Waals surface area contributed by atoms with Gasteiger partial charge in [0.15, 0.2) is 17.0 Å². The highest BCUT2D eigenvalue weighted by atomic mass is 16.5. The van der Waals surface area contributed by atoms with Crippen molar-refractivity contribution in [3.63, 3.8) is 0 Å². The molecule has 0 amide bonds. The predicted octanol–water partition coefficient (Wildman–Crippen LogP) is 3.10. The zero-order valence-corrected chi connectivity index (χ0v) is 16.4. The standard InChI is InChI=1S/C19H27N7O/c1-5-18(3)13(2)8-19(4,27-18)26-12-25-15-16(23-11-24-17(15)26)21-7-6-14-9-20-10-22-14/h9-13H,5-8H2,1-4H3,(H,20,22)(H,21,23,24). The third-order valence-corrected chi connectivity index (χ3v) is 5.97. The van der Waals surface area contributed by atoms with Gasteiger partial charge in [0, 0.05) is 31.3 Å². The summed E-state index contributed by atoms with van der Waals surface area (Å²) in [4.78, 5) is 20.6. The quantitative estimate of drug-likeness (QED) is 0.693. The minimum absolute atomic E-state index is 0.135. The molecule has 27 heavy (non-hydrogen) atoms. The van der Waals surface area contributed by atoms with Gasteiger partial charge in [-0.1, -0.05) is 13.8 Å². The second-order valence-electron chi connectivity index (χ2n) is 7.81. The Bertz CT molecular complexity index is 921. The number of imidazole rings is 2. The van der Waals surface area contributed by atoms with Crippen molar-refractivity contribution in [3.8, 4) is 0 Å². The van der Waals surface area contributed by atoms with Gasteiger partial charge >= 0.3 is 0 Å². The third kappa shape index (κ3) is 3.07. The number of fused-ring (bicyclic) bond motifs is 1. The first kappa shape index (κ1) is 17.9. The van der Waals surface area contributed by atoms with Gasteiger partial charge in [-0.05, 0) is 26.2 Å². The molecule has 4 rings (SSSR count). The number of hydrogen-bond acceptors (Lipinski definition) is 6. The number of aromatic amines is 1. The van der Waals surface area contributed by atoms with Crippen LogP contribution in [0.25, 0.3) is 11.2 Å². The van der Waals surface area contributed by atoms with Crippen molar-refractivity contribution in [2.24, 2.45) is 5.92 Å². The van der Waals surface area contributed by atoms with Gasteiger partial charge in [0.25, 0.3) is 0 Å². The van der Waals surface area contributed by atoms with Crippen LogP contribution in [0.4, 0.5) is 5.82 Å². The van der Waals surface area contributed by atoms with Crippen molar-refractivity contribution in [2.45, 2.75) is 58.3 Å². The summed E-state index contributed by atoms with van der Waals surface area (Å²) in [5.41, 5.74) is 2.05. The van der Waals surface area contributed by atoms with E-state index in [1.807, 2.05) is 12.5 Å². The molecule has 1 fully saturated rings. The maximum atomic E-state index is 6.55. The van der Waals surface area contributed by atoms with Crippen LogP contribution in [0.1, 0.15) is 46.2 Å². The molecule has 1 aliphatic heterocycles. The Morgan fingerprint density at radius 3 is 2.89 bits per heavy atom. The number of nitrogens with one attached hydrogen (secondary N) is 2. The zero-order chi connectivity index (χ0) is 19.1. The lowest BCUT2D eigenvalue weighted by Crippen LogP contribution is -2.34. The van der Waals surface area contributed by atoms with Gasteiger partial charge in [-0.15, -0.1) is 0 Å². The molecule has 3 aromatic heterocycles. The van der Waals surface area contributed by atoms with E-state index in [9.17, 15) is 0 Å². The van der Waals surface area contributed by atoms with E-state index in [0.29, 0.717) is 5.92 Å². The Balaban J connectivity index is 1.59. The SMILES string of the molecule is CCC1(C)OC(C)(n2cnc3c(NCCc4cnc[nH]4)ncnc32)CC1C. The number of ether oxygens (including phenoxy) is 1. The monoisotopic (exact) mass is 369 g/mol. The van der Waals surface area contributed by atoms with Crippen molar-refractivity contribution in [2.75, 3.05) is 11.9 Å². The van der Waals surface area contributed by atoms with Gasteiger partial charge in [0.05, 0.1) is 18.3 Å². The molecule has 0 radical (unpaired) electrons. The van der Waals surface area contributed by atoms with E-state index in [4.69, 9.17) is 4.74 Å². The van der Waals surface area contributed by atoms with E-state index in [-0.39, 0.29) is 5.60 Å². The fourth-order valence-corrected chi connectivity index (χ4v) is 4.04. The van der Waals surface area contributed by atoms with Crippen LogP contribution in [0, 0.1) is 5.92 Å². The van der Waals surface area contributed by atoms with Gasteiger partial charge in [0.2, 0.25) is 0 Å². The van der Waals surface area contributed by atoms with Gasteiger partial charge in [-0.2, -0.15) is 0 Å². The van der Waals surface area contributed by atoms with Gasteiger partial charge in [-0.25, -0.2) is 19.9 Å². The second-order valence-corrected chi connectivity index (χ2v) is 7.81. The van der Waals surface area contributed by atoms with Crippen molar-refractivity contribution in [3.05, 3.63) is 30.9 Å². The molecule has 0 aliphatic carbocycles. The molecular formula is C19H27N7O. The molecule has 4 heterocycles. The molecule has 0 bridgehead atoms. The molecule has 1 saturated heterocycles. The van der Waals surface area contributed by atoms with E-state index in [1.165, 1.54) is 0 Å². The van der Waals surface area contributed by atoms with Crippen molar-refractivity contribution in [1.82, 2.24) is 29.5 Å². The smallest absolute Gasteiger partial charge is 0.167 e. The Labute approximate surface area is 158 Å². The van der Waals surface area contributed by atoms with Crippen molar-refractivity contribution >= 4 is 17.0 Å². The van der Waals surface area contributed by atoms with E-state index in [1.54, 1.807) is 12.7 Å². The normalized spacial score (nSPS) is 28.1. The van der Waals surface area contributed by atoms with Crippen LogP contribution in [-0.4, -0.2) is 41.6 Å². The highest BCUT2D eigenvalue weighted by Crippen LogP contribution is 2.47. The summed E-state index contributed by atoms with van der Waals surface area (Å²) >= 11 is 0. The lowest BCUT2D eigenvalue weighted by Gasteiger charge is -2.31. The average molecular weight is 369 g/mol. The third-order valence-electron chi connectivity index (χ3n) is 5.97. The number of H-pyrrole nitrogens is 1. The van der Waals surface area contributed by atoms with Crippen LogP contribution in [0.2, 0.25) is 0 Å². The van der Waals surface area contributed by atoms with Crippen LogP contribution in [0.3, 0.4) is 0 Å². The zero-order valence-electron chi connectivity index (χ0n) is 16.4. The molecule has 0 spiro atoms. The molecule has 3 atom stereocenters. The molecule has 2 N–H and O–H groups in total. The number of nitrogens with zero attached hydrogens (tertiary/aromatic N) is 5. The minimum atomic E-state index is -0.458. The number of hydrogen-bond donors (Lipinski definition) is 2. The summed E-state index contributed by atoms with van der Waals surface area (Å²) in [6.45, 7) is 9.49. The fourth-order valence-electron chi connectivity index (χ4n) is 4.04. The maximum absolute atomic E-state index is 6.55. The summed E-state index contributed by atoms with van der Waals surface area (Å²) in [6, 6.07) is 0. The van der Waals surface area contributed by atoms with Crippen LogP contribution in [0.15, 0.2) is 25.2 Å². The number of anilines is 1. The topological polar surface area (TPSA) is 93.5 Å². The van der Waals surface area contributed by atoms with E-state index in [2.05, 4.69) is 62.5 Å². The van der Waals surface area contributed by atoms with Crippen molar-refractivity contribution < 1.29 is 4.74 Å². The maximum Gasteiger partial charge on any atom is 0.167 e. The lowest BCUT2D eigenvalue weighted by molar-refractivity contribution is -0.135. The Morgan fingerprint density at radius 2 is 2.19 bits per heavy atom. The van der Waals surface area contributed by atoms with Crippen molar-refractivity contribution in [1.29, 1.82) is 0 Å². The Morgan fingerprint density at radius 1 is 1.33 bits per heavy atom. The Kier molecular flexibility index (Phi) is 4.38. The van der Waals surface area contributed by atoms with E-state index >= 15 is 0 Å². The molecule has 3 aromatic rings. The molecule has 3 unspecified atom stereocenters. The Hall–Kier alpha value is -2.48. The van der Waals surface area contributed by atoms with Gasteiger partial charge in [0.1, 0.15) is 12.1 Å². The van der Waals surface area contributed by atoms with E-state index < -0.39 is 5.72 Å². The molecule has 0 aromatic carbocycles. The molecule has 8 heteroatoms. The van der Waals surface area contributed by atoms with Crippen LogP contribution < -0.4 is 5.32 Å². The van der Waals surface area contributed by atoms with Gasteiger partial charge in [-0.3, -0.25) is 4.57 Å². The fraction of sp³-hybridized carbons (Fsp3) is 0.579. The number of aromatic nitrogens is 6. The van der Waals surface area contributed by atoms with Crippen LogP contribution in [-0.2, 0) is 16.9 Å². The first-order valence-electron chi connectivity index (χ1n) is 9.55. The predicted molar refractivity (Wildman–Crippen MR) is 103 cm³/mol. The van der Waals surface area contributed by atoms with E-state index in [0.717, 1.165) is 48.5 Å². The second kappa shape index (κ2) is 6.60. The number of rotatable bonds is 6. The van der Waals surface area contributed by atoms with Crippen LogP contribution in [0.5, 0.6) is 0 Å². The molecule has 1 aliphatic rings. The summed E-state index contributed by atoms with van der Waals surface area (Å²) in [7, 11) is 0. The summed E-state index contributed by atoms with van der Waals surface area (Å²) in [6.07, 6.45) is 9.66. The minimum Gasteiger partial charge on any atom is -0.368 e. The highest BCUT2D eigenvalue weighted by molar-refractivity contribution is 5.82. The van der Waals surface area contributed by atoms with Crippen LogP contribution >= 0.6 is 0 Å². The summed E-state index contributed by atoms with van der Waals surface area (Å²) in [5.74, 6) is 1.20. The largest absolute Gasteiger partial charge is 0.368 e. The van der Waals surface area contributed by atoms with Gasteiger partial charge < -0.3 is 15.0 Å². The first-order valence-corrected chi connectivity index (χ1v) is 9.55. The lowest BCUT2D eigenvalue weighted by atomic mass is 9.87. The molecule has 8 nitrogen and oxygen atoms in total. The first-order chi connectivity index (χ1) is 13.0. The molecular weight excluding hydrogens is 342 g/mol. The molecule has 0 saturated carbocycles. The highest BCUT2D eigenvalue weighted by Gasteiger charge is 2.49. The summed E-state index contributed by atoms with van der Waals surface area (Å²) < 4.78 is 8.61. The average Bonchev–Trinajstić information content (AvgIpc) is 3.35. The summed E-state index contributed by atoms with van der Waals surface area (Å²) in [5, 5.41) is 3.36.